The molecule has 4 nitrogen and oxygen atoms in total. The lowest BCUT2D eigenvalue weighted by molar-refractivity contribution is 0.272. The van der Waals surface area contributed by atoms with Crippen molar-refractivity contribution in [3.05, 3.63) is 144 Å². The summed E-state index contributed by atoms with van der Waals surface area (Å²) in [5.74, 6) is 2.58. The molecule has 1 atom stereocenters. The fraction of sp³-hybridized carbons (Fsp3) is 0.0968. The molecule has 0 aromatic heterocycles. The van der Waals surface area contributed by atoms with Crippen LogP contribution in [0.15, 0.2) is 133 Å². The lowest BCUT2D eigenvalue weighted by atomic mass is 10.2. The largest absolute Gasteiger partial charge is 0.465 e. The minimum absolute atomic E-state index is 0.198. The van der Waals surface area contributed by atoms with Crippen molar-refractivity contribution >= 4 is 11.4 Å². The smallest absolute Gasteiger partial charge is 0.200 e. The van der Waals surface area contributed by atoms with Gasteiger partial charge in [-0.2, -0.15) is 0 Å². The highest BCUT2D eigenvalue weighted by Crippen LogP contribution is 2.40. The van der Waals surface area contributed by atoms with E-state index in [-0.39, 0.29) is 6.23 Å². The Labute approximate surface area is 206 Å². The van der Waals surface area contributed by atoms with Gasteiger partial charge in [-0.15, -0.1) is 0 Å². The Bertz CT molecular complexity index is 1370. The van der Waals surface area contributed by atoms with E-state index in [0.717, 1.165) is 41.8 Å². The Morgan fingerprint density at radius 1 is 0.629 bits per heavy atom. The molecule has 2 aliphatic heterocycles. The summed E-state index contributed by atoms with van der Waals surface area (Å²) in [4.78, 5) is 4.49. The number of hydrogen-bond acceptors (Lipinski definition) is 4. The van der Waals surface area contributed by atoms with Crippen LogP contribution in [0.3, 0.4) is 0 Å². The van der Waals surface area contributed by atoms with E-state index in [9.17, 15) is 0 Å². The maximum absolute atomic E-state index is 6.30. The lowest BCUT2D eigenvalue weighted by Gasteiger charge is -2.23. The van der Waals surface area contributed by atoms with Crippen LogP contribution >= 0.6 is 0 Å². The first-order valence-electron chi connectivity index (χ1n) is 11.9. The molecular weight excluding hydrogens is 432 g/mol. The second-order valence-electron chi connectivity index (χ2n) is 8.62. The molecule has 2 heterocycles. The predicted octanol–water partition coefficient (Wildman–Crippen LogP) is 6.91. The minimum Gasteiger partial charge on any atom is -0.465 e. The molecule has 0 saturated heterocycles. The van der Waals surface area contributed by atoms with Crippen LogP contribution in [-0.4, -0.2) is 6.23 Å². The standard InChI is InChI=1S/C31H26N2O2/c1-3-12-24(13-4-1)22-32-26-16-7-9-18-28(26)34-30(32)20-11-21-31-33(23-25-14-5-2-6-15-25)27-17-8-10-19-29(27)35-31/h1-21,30H,22-23H2/b20-11+,31-21-. The van der Waals surface area contributed by atoms with Crippen molar-refractivity contribution in [3.63, 3.8) is 0 Å². The first-order valence-corrected chi connectivity index (χ1v) is 11.9. The van der Waals surface area contributed by atoms with Crippen LogP contribution in [0.1, 0.15) is 11.1 Å². The van der Waals surface area contributed by atoms with Gasteiger partial charge < -0.3 is 19.3 Å². The molecule has 0 fully saturated rings. The average molecular weight is 459 g/mol. The van der Waals surface area contributed by atoms with Crippen LogP contribution in [0.25, 0.3) is 0 Å². The molecule has 172 valence electrons. The molecule has 6 rings (SSSR count). The van der Waals surface area contributed by atoms with Gasteiger partial charge >= 0.3 is 0 Å². The molecule has 0 aliphatic carbocycles. The van der Waals surface area contributed by atoms with Crippen LogP contribution in [0.4, 0.5) is 11.4 Å². The molecule has 2 aliphatic rings. The van der Waals surface area contributed by atoms with Crippen molar-refractivity contribution in [3.8, 4) is 11.5 Å². The van der Waals surface area contributed by atoms with E-state index >= 15 is 0 Å². The lowest BCUT2D eigenvalue weighted by Crippen LogP contribution is -2.32. The molecule has 4 heteroatoms. The van der Waals surface area contributed by atoms with Gasteiger partial charge in [0.2, 0.25) is 5.88 Å². The SMILES string of the molecule is C(/C=C/C1Oc2ccccc2N1Cc1ccccc1)=C1/Oc2ccccc2N1Cc1ccccc1. The van der Waals surface area contributed by atoms with Gasteiger partial charge in [0, 0.05) is 6.54 Å². The quantitative estimate of drug-likeness (QED) is 0.313. The molecule has 0 bridgehead atoms. The molecule has 1 unspecified atom stereocenters. The molecule has 0 spiro atoms. The third kappa shape index (κ3) is 4.38. The van der Waals surface area contributed by atoms with Crippen LogP contribution in [0, 0.1) is 0 Å². The first-order chi connectivity index (χ1) is 17.3. The number of rotatable bonds is 6. The molecule has 0 amide bonds. The third-order valence-corrected chi connectivity index (χ3v) is 6.26. The third-order valence-electron chi connectivity index (χ3n) is 6.26. The molecule has 0 saturated carbocycles. The molecule has 0 radical (unpaired) electrons. The van der Waals surface area contributed by atoms with E-state index < -0.39 is 0 Å². The van der Waals surface area contributed by atoms with Crippen molar-refractivity contribution in [1.29, 1.82) is 0 Å². The van der Waals surface area contributed by atoms with Gasteiger partial charge in [0.05, 0.1) is 17.9 Å². The van der Waals surface area contributed by atoms with Crippen LogP contribution in [-0.2, 0) is 13.1 Å². The second-order valence-corrected chi connectivity index (χ2v) is 8.62. The van der Waals surface area contributed by atoms with Crippen molar-refractivity contribution in [1.82, 2.24) is 0 Å². The van der Waals surface area contributed by atoms with Crippen LogP contribution in [0.5, 0.6) is 11.5 Å². The summed E-state index contributed by atoms with van der Waals surface area (Å²) in [6.45, 7) is 1.51. The van der Waals surface area contributed by atoms with Gasteiger partial charge in [0.15, 0.2) is 12.0 Å². The van der Waals surface area contributed by atoms with E-state index in [4.69, 9.17) is 9.47 Å². The Balaban J connectivity index is 1.26. The maximum Gasteiger partial charge on any atom is 0.200 e. The highest BCUT2D eigenvalue weighted by molar-refractivity contribution is 5.67. The van der Waals surface area contributed by atoms with Crippen molar-refractivity contribution in [2.24, 2.45) is 0 Å². The second kappa shape index (κ2) is 9.43. The van der Waals surface area contributed by atoms with Crippen molar-refractivity contribution in [2.45, 2.75) is 19.3 Å². The van der Waals surface area contributed by atoms with Gasteiger partial charge in [-0.1, -0.05) is 91.0 Å². The number of nitrogens with zero attached hydrogens (tertiary/aromatic N) is 2. The summed E-state index contributed by atoms with van der Waals surface area (Å²) in [6.07, 6.45) is 5.95. The molecule has 4 aromatic rings. The Morgan fingerprint density at radius 2 is 1.23 bits per heavy atom. The molecule has 0 N–H and O–H groups in total. The Kier molecular flexibility index (Phi) is 5.69. The molecule has 4 aromatic carbocycles. The number of allylic oxidation sites excluding steroid dienone is 2. The van der Waals surface area contributed by atoms with Gasteiger partial charge in [-0.05, 0) is 47.5 Å². The fourth-order valence-corrected chi connectivity index (χ4v) is 4.56. The zero-order valence-electron chi connectivity index (χ0n) is 19.3. The summed E-state index contributed by atoms with van der Waals surface area (Å²) < 4.78 is 12.5. The van der Waals surface area contributed by atoms with Gasteiger partial charge in [-0.25, -0.2) is 0 Å². The Hall–Kier alpha value is -4.44. The summed E-state index contributed by atoms with van der Waals surface area (Å²) in [5, 5.41) is 0. The zero-order valence-corrected chi connectivity index (χ0v) is 19.3. The van der Waals surface area contributed by atoms with Gasteiger partial charge in [0.1, 0.15) is 5.75 Å². The number of anilines is 2. The van der Waals surface area contributed by atoms with E-state index in [1.807, 2.05) is 54.6 Å². The number of benzene rings is 4. The van der Waals surface area contributed by atoms with Gasteiger partial charge in [-0.3, -0.25) is 0 Å². The fourth-order valence-electron chi connectivity index (χ4n) is 4.56. The van der Waals surface area contributed by atoms with Crippen LogP contribution in [0.2, 0.25) is 0 Å². The summed E-state index contributed by atoms with van der Waals surface area (Å²) in [6, 6.07) is 37.3. The number of ether oxygens (including phenoxy) is 2. The predicted molar refractivity (Wildman–Crippen MR) is 140 cm³/mol. The monoisotopic (exact) mass is 458 g/mol. The normalized spacial score (nSPS) is 17.4. The first kappa shape index (κ1) is 21.1. The number of para-hydroxylation sites is 4. The van der Waals surface area contributed by atoms with Crippen LogP contribution < -0.4 is 19.3 Å². The highest BCUT2D eigenvalue weighted by Gasteiger charge is 2.29. The maximum atomic E-state index is 6.30. The summed E-state index contributed by atoms with van der Waals surface area (Å²) >= 11 is 0. The molecular formula is C31H26N2O2. The molecule has 35 heavy (non-hydrogen) atoms. The van der Waals surface area contributed by atoms with E-state index in [1.54, 1.807) is 0 Å². The summed E-state index contributed by atoms with van der Waals surface area (Å²) in [5.41, 5.74) is 4.65. The topological polar surface area (TPSA) is 24.9 Å². The van der Waals surface area contributed by atoms with Gasteiger partial charge in [0.25, 0.3) is 0 Å². The average Bonchev–Trinajstić information content (AvgIpc) is 3.43. The van der Waals surface area contributed by atoms with Crippen molar-refractivity contribution < 1.29 is 9.47 Å². The van der Waals surface area contributed by atoms with Crippen molar-refractivity contribution in [2.75, 3.05) is 9.80 Å². The van der Waals surface area contributed by atoms with E-state index in [2.05, 4.69) is 82.6 Å². The van der Waals surface area contributed by atoms with E-state index in [1.165, 1.54) is 11.1 Å². The summed E-state index contributed by atoms with van der Waals surface area (Å²) in [7, 11) is 0. The number of fused-ring (bicyclic) bond motifs is 2. The minimum atomic E-state index is -0.198. The zero-order chi connectivity index (χ0) is 23.5. The van der Waals surface area contributed by atoms with E-state index in [0.29, 0.717) is 0 Å². The highest BCUT2D eigenvalue weighted by atomic mass is 16.5. The number of hydrogen-bond donors (Lipinski definition) is 0. The Morgan fingerprint density at radius 3 is 1.97 bits per heavy atom.